The molecule has 0 aromatic rings. The van der Waals surface area contributed by atoms with Gasteiger partial charge >= 0.3 is 18.1 Å². The maximum absolute atomic E-state index is 12.7. The van der Waals surface area contributed by atoms with Crippen LogP contribution in [0.4, 0.5) is 13.2 Å². The van der Waals surface area contributed by atoms with Crippen molar-refractivity contribution in [3.63, 3.8) is 0 Å². The number of carbonyl (C=O) groups is 2. The smallest absolute Gasteiger partial charge is 0.425 e. The van der Waals surface area contributed by atoms with Gasteiger partial charge in [-0.05, 0) is 60.3 Å². The van der Waals surface area contributed by atoms with Gasteiger partial charge in [-0.3, -0.25) is 9.59 Å². The molecule has 0 aliphatic carbocycles. The zero-order valence-corrected chi connectivity index (χ0v) is 17.3. The van der Waals surface area contributed by atoms with Gasteiger partial charge in [0.15, 0.2) is 6.10 Å². The highest BCUT2D eigenvalue weighted by Gasteiger charge is 2.47. The normalized spacial score (nSPS) is 16.8. The van der Waals surface area contributed by atoms with Crippen LogP contribution >= 0.6 is 0 Å². The maximum Gasteiger partial charge on any atom is 0.425 e. The standard InChI is InChI=1S/C19H33F3O4/c1-10-18(9,15(24)26-17(7,8)12(2)3)11-16(5,6)14(23)25-13(4)19(20,21)22/h12-13H,10-11H2,1-9H3. The molecule has 26 heavy (non-hydrogen) atoms. The van der Waals surface area contributed by atoms with E-state index in [-0.39, 0.29) is 12.3 Å². The summed E-state index contributed by atoms with van der Waals surface area (Å²) in [5.41, 5.74) is -2.98. The van der Waals surface area contributed by atoms with Crippen molar-refractivity contribution in [1.82, 2.24) is 0 Å². The molecular weight excluding hydrogens is 349 g/mol. The number of alkyl halides is 3. The van der Waals surface area contributed by atoms with E-state index in [1.54, 1.807) is 27.7 Å². The van der Waals surface area contributed by atoms with Crippen LogP contribution in [0.15, 0.2) is 0 Å². The minimum Gasteiger partial charge on any atom is -0.459 e. The van der Waals surface area contributed by atoms with Crippen molar-refractivity contribution < 1.29 is 32.2 Å². The molecular formula is C19H33F3O4. The molecule has 2 atom stereocenters. The molecule has 0 bridgehead atoms. The number of hydrogen-bond donors (Lipinski definition) is 0. The predicted molar refractivity (Wildman–Crippen MR) is 93.4 cm³/mol. The number of rotatable bonds is 8. The van der Waals surface area contributed by atoms with Crippen LogP contribution in [-0.2, 0) is 19.1 Å². The van der Waals surface area contributed by atoms with Crippen LogP contribution in [0, 0.1) is 16.7 Å². The molecule has 0 amide bonds. The minimum absolute atomic E-state index is 0.0208. The van der Waals surface area contributed by atoms with Gasteiger partial charge in [0.1, 0.15) is 5.60 Å². The zero-order valence-electron chi connectivity index (χ0n) is 17.3. The van der Waals surface area contributed by atoms with Gasteiger partial charge in [0, 0.05) is 0 Å². The van der Waals surface area contributed by atoms with Crippen LogP contribution in [0.1, 0.15) is 75.2 Å². The number of hydrogen-bond acceptors (Lipinski definition) is 4. The molecule has 0 saturated carbocycles. The minimum atomic E-state index is -4.62. The third kappa shape index (κ3) is 6.47. The summed E-state index contributed by atoms with van der Waals surface area (Å²) >= 11 is 0. The molecule has 0 aromatic heterocycles. The van der Waals surface area contributed by atoms with E-state index in [9.17, 15) is 22.8 Å². The van der Waals surface area contributed by atoms with E-state index in [1.807, 2.05) is 13.8 Å². The first kappa shape index (κ1) is 24.7. The number of ether oxygens (including phenoxy) is 2. The van der Waals surface area contributed by atoms with Crippen molar-refractivity contribution in [3.8, 4) is 0 Å². The van der Waals surface area contributed by atoms with Crippen molar-refractivity contribution in [2.75, 3.05) is 0 Å². The average Bonchev–Trinajstić information content (AvgIpc) is 2.44. The molecule has 4 nitrogen and oxygen atoms in total. The largest absolute Gasteiger partial charge is 0.459 e. The first-order valence-corrected chi connectivity index (χ1v) is 8.90. The predicted octanol–water partition coefficient (Wildman–Crippen LogP) is 5.29. The second-order valence-corrected chi connectivity index (χ2v) is 8.71. The molecule has 0 N–H and O–H groups in total. The molecule has 7 heteroatoms. The van der Waals surface area contributed by atoms with Crippen LogP contribution in [0.3, 0.4) is 0 Å². The highest BCUT2D eigenvalue weighted by molar-refractivity contribution is 5.80. The Hall–Kier alpha value is -1.27. The SMILES string of the molecule is CCC(C)(CC(C)(C)C(=O)OC(C)C(F)(F)F)C(=O)OC(C)(C)C(C)C. The highest BCUT2D eigenvalue weighted by Crippen LogP contribution is 2.40. The summed E-state index contributed by atoms with van der Waals surface area (Å²) in [4.78, 5) is 25.0. The molecule has 0 aromatic carbocycles. The average molecular weight is 382 g/mol. The molecule has 0 aliphatic heterocycles. The highest BCUT2D eigenvalue weighted by atomic mass is 19.4. The maximum atomic E-state index is 12.7. The van der Waals surface area contributed by atoms with Crippen molar-refractivity contribution >= 4 is 11.9 Å². The topological polar surface area (TPSA) is 52.6 Å². The van der Waals surface area contributed by atoms with E-state index in [4.69, 9.17) is 4.74 Å². The van der Waals surface area contributed by atoms with Gasteiger partial charge in [-0.2, -0.15) is 13.2 Å². The molecule has 0 heterocycles. The Labute approximate surface area is 154 Å². The fourth-order valence-corrected chi connectivity index (χ4v) is 2.26. The first-order valence-electron chi connectivity index (χ1n) is 8.90. The monoisotopic (exact) mass is 382 g/mol. The Bertz CT molecular complexity index is 509. The van der Waals surface area contributed by atoms with Crippen LogP contribution in [0.2, 0.25) is 0 Å². The summed E-state index contributed by atoms with van der Waals surface area (Å²) in [6.07, 6.45) is -6.42. The summed E-state index contributed by atoms with van der Waals surface area (Å²) in [5, 5.41) is 0. The third-order valence-corrected chi connectivity index (χ3v) is 5.15. The lowest BCUT2D eigenvalue weighted by atomic mass is 9.72. The van der Waals surface area contributed by atoms with E-state index < -0.39 is 40.6 Å². The molecule has 0 saturated heterocycles. The molecule has 0 aliphatic rings. The Morgan fingerprint density at radius 3 is 1.73 bits per heavy atom. The lowest BCUT2D eigenvalue weighted by molar-refractivity contribution is -0.222. The van der Waals surface area contributed by atoms with E-state index in [1.165, 1.54) is 13.8 Å². The Morgan fingerprint density at radius 1 is 0.923 bits per heavy atom. The van der Waals surface area contributed by atoms with Crippen LogP contribution in [-0.4, -0.2) is 29.8 Å². The van der Waals surface area contributed by atoms with Crippen molar-refractivity contribution in [2.45, 2.75) is 93.0 Å². The molecule has 0 spiro atoms. The molecule has 0 rings (SSSR count). The number of esters is 2. The van der Waals surface area contributed by atoms with Crippen molar-refractivity contribution in [1.29, 1.82) is 0 Å². The molecule has 154 valence electrons. The van der Waals surface area contributed by atoms with Gasteiger partial charge in [-0.25, -0.2) is 0 Å². The Balaban J connectivity index is 5.32. The lowest BCUT2D eigenvalue weighted by Gasteiger charge is -2.38. The second-order valence-electron chi connectivity index (χ2n) is 8.71. The fourth-order valence-electron chi connectivity index (χ4n) is 2.26. The van der Waals surface area contributed by atoms with Crippen LogP contribution < -0.4 is 0 Å². The summed E-state index contributed by atoms with van der Waals surface area (Å²) in [7, 11) is 0. The van der Waals surface area contributed by atoms with E-state index in [0.29, 0.717) is 6.42 Å². The number of carbonyl (C=O) groups excluding carboxylic acids is 2. The summed E-state index contributed by atoms with van der Waals surface area (Å²) in [5.74, 6) is -1.38. The van der Waals surface area contributed by atoms with Crippen molar-refractivity contribution in [2.24, 2.45) is 16.7 Å². The van der Waals surface area contributed by atoms with Gasteiger partial charge < -0.3 is 9.47 Å². The van der Waals surface area contributed by atoms with Gasteiger partial charge in [-0.15, -0.1) is 0 Å². The van der Waals surface area contributed by atoms with Gasteiger partial charge in [0.2, 0.25) is 0 Å². The van der Waals surface area contributed by atoms with E-state index >= 15 is 0 Å². The van der Waals surface area contributed by atoms with Gasteiger partial charge in [0.25, 0.3) is 0 Å². The summed E-state index contributed by atoms with van der Waals surface area (Å²) < 4.78 is 48.1. The fraction of sp³-hybridized carbons (Fsp3) is 0.895. The third-order valence-electron chi connectivity index (χ3n) is 5.15. The summed E-state index contributed by atoms with van der Waals surface area (Å²) in [6, 6.07) is 0. The van der Waals surface area contributed by atoms with E-state index in [2.05, 4.69) is 4.74 Å². The van der Waals surface area contributed by atoms with Gasteiger partial charge in [-0.1, -0.05) is 20.8 Å². The Morgan fingerprint density at radius 2 is 1.38 bits per heavy atom. The number of halogens is 3. The molecule has 0 radical (unpaired) electrons. The lowest BCUT2D eigenvalue weighted by Crippen LogP contribution is -2.44. The zero-order chi connectivity index (χ0) is 21.1. The van der Waals surface area contributed by atoms with Gasteiger partial charge in [0.05, 0.1) is 10.8 Å². The first-order chi connectivity index (χ1) is 11.4. The van der Waals surface area contributed by atoms with Crippen LogP contribution in [0.25, 0.3) is 0 Å². The molecule has 0 fully saturated rings. The van der Waals surface area contributed by atoms with E-state index in [0.717, 1.165) is 6.92 Å². The Kier molecular flexibility index (Phi) is 7.77. The summed E-state index contributed by atoms with van der Waals surface area (Å²) in [6.45, 7) is 14.6. The van der Waals surface area contributed by atoms with Crippen molar-refractivity contribution in [3.05, 3.63) is 0 Å². The quantitative estimate of drug-likeness (QED) is 0.535. The molecule has 2 unspecified atom stereocenters. The second kappa shape index (κ2) is 8.17. The van der Waals surface area contributed by atoms with Crippen LogP contribution in [0.5, 0.6) is 0 Å².